The monoisotopic (exact) mass is 250 g/mol. The van der Waals surface area contributed by atoms with E-state index in [0.29, 0.717) is 21.8 Å². The molecule has 0 atom stereocenters. The molecule has 3 nitrogen and oxygen atoms in total. The van der Waals surface area contributed by atoms with Crippen molar-refractivity contribution in [3.8, 4) is 11.1 Å². The van der Waals surface area contributed by atoms with Gasteiger partial charge in [0.05, 0.1) is 0 Å². The molecule has 0 spiro atoms. The van der Waals surface area contributed by atoms with Gasteiger partial charge in [-0.3, -0.25) is 4.79 Å². The second kappa shape index (κ2) is 3.27. The number of rotatable bonds is 0. The standard InChI is InChI=1S/C11H4Cl2N2O/c12-5-1-2-6-7(3-5)10(16)9-8(6)4-14-11(13)15-9/h1-4H. The number of nitrogens with zero attached hydrogens (tertiary/aromatic N) is 2. The summed E-state index contributed by atoms with van der Waals surface area (Å²) in [5.74, 6) is -0.156. The summed E-state index contributed by atoms with van der Waals surface area (Å²) in [7, 11) is 0. The second-order valence-corrected chi connectivity index (χ2v) is 4.19. The first-order valence-corrected chi connectivity index (χ1v) is 5.29. The Balaban J connectivity index is 2.34. The third-order valence-electron chi connectivity index (χ3n) is 2.49. The molecular formula is C11H4Cl2N2O. The molecule has 1 aliphatic carbocycles. The predicted molar refractivity (Wildman–Crippen MR) is 60.9 cm³/mol. The Labute approximate surface area is 101 Å². The molecule has 78 valence electrons. The molecular weight excluding hydrogens is 247 g/mol. The smallest absolute Gasteiger partial charge is 0.223 e. The Morgan fingerprint density at radius 3 is 2.69 bits per heavy atom. The fraction of sp³-hybridized carbons (Fsp3) is 0. The zero-order valence-electron chi connectivity index (χ0n) is 7.87. The highest BCUT2D eigenvalue weighted by Crippen LogP contribution is 2.36. The van der Waals surface area contributed by atoms with Gasteiger partial charge in [0.15, 0.2) is 0 Å². The lowest BCUT2D eigenvalue weighted by molar-refractivity contribution is 0.103. The number of hydrogen-bond acceptors (Lipinski definition) is 3. The molecule has 0 aliphatic heterocycles. The van der Waals surface area contributed by atoms with Crippen LogP contribution in [0.1, 0.15) is 16.1 Å². The minimum absolute atomic E-state index is 0.0750. The van der Waals surface area contributed by atoms with Crippen molar-refractivity contribution in [2.45, 2.75) is 0 Å². The number of carbonyl (C=O) groups excluding carboxylic acids is 1. The first-order valence-electron chi connectivity index (χ1n) is 4.54. The largest absolute Gasteiger partial charge is 0.287 e. The maximum Gasteiger partial charge on any atom is 0.223 e. The Bertz CT molecular complexity index is 572. The summed E-state index contributed by atoms with van der Waals surface area (Å²) in [4.78, 5) is 19.8. The molecule has 2 aromatic rings. The van der Waals surface area contributed by atoms with E-state index in [9.17, 15) is 4.79 Å². The number of halogens is 2. The van der Waals surface area contributed by atoms with Crippen LogP contribution in [0.4, 0.5) is 0 Å². The van der Waals surface area contributed by atoms with E-state index in [1.165, 1.54) is 0 Å². The van der Waals surface area contributed by atoms with E-state index in [1.54, 1.807) is 24.4 Å². The topological polar surface area (TPSA) is 42.9 Å². The van der Waals surface area contributed by atoms with E-state index in [1.807, 2.05) is 0 Å². The molecule has 5 heteroatoms. The number of benzene rings is 1. The molecule has 0 radical (unpaired) electrons. The molecule has 1 aliphatic rings. The molecule has 0 fully saturated rings. The molecule has 0 saturated heterocycles. The van der Waals surface area contributed by atoms with Gasteiger partial charge >= 0.3 is 0 Å². The summed E-state index contributed by atoms with van der Waals surface area (Å²) in [5, 5.41) is 0.602. The van der Waals surface area contributed by atoms with Crippen molar-refractivity contribution in [1.29, 1.82) is 0 Å². The van der Waals surface area contributed by atoms with Crippen molar-refractivity contribution in [2.24, 2.45) is 0 Å². The van der Waals surface area contributed by atoms with Crippen molar-refractivity contribution in [1.82, 2.24) is 9.97 Å². The minimum Gasteiger partial charge on any atom is -0.287 e. The van der Waals surface area contributed by atoms with Crippen molar-refractivity contribution in [3.05, 3.63) is 46.0 Å². The summed E-state index contributed by atoms with van der Waals surface area (Å²) in [5.41, 5.74) is 2.42. The van der Waals surface area contributed by atoms with Crippen LogP contribution in [0.5, 0.6) is 0 Å². The summed E-state index contributed by atoms with van der Waals surface area (Å²) in [6.45, 7) is 0. The highest BCUT2D eigenvalue weighted by atomic mass is 35.5. The van der Waals surface area contributed by atoms with Gasteiger partial charge < -0.3 is 0 Å². The van der Waals surface area contributed by atoms with Gasteiger partial charge in [0.25, 0.3) is 0 Å². The average Bonchev–Trinajstić information content (AvgIpc) is 2.53. The fourth-order valence-electron chi connectivity index (χ4n) is 1.80. The highest BCUT2D eigenvalue weighted by molar-refractivity contribution is 6.32. The Morgan fingerprint density at radius 2 is 1.88 bits per heavy atom. The van der Waals surface area contributed by atoms with Crippen molar-refractivity contribution >= 4 is 29.0 Å². The second-order valence-electron chi connectivity index (χ2n) is 3.42. The molecule has 3 rings (SSSR count). The van der Waals surface area contributed by atoms with Gasteiger partial charge in [0.1, 0.15) is 5.69 Å². The Hall–Kier alpha value is -1.45. The van der Waals surface area contributed by atoms with Crippen LogP contribution in [-0.2, 0) is 0 Å². The molecule has 1 aromatic heterocycles. The summed E-state index contributed by atoms with van der Waals surface area (Å²) in [6, 6.07) is 5.16. The lowest BCUT2D eigenvalue weighted by atomic mass is 10.1. The molecule has 16 heavy (non-hydrogen) atoms. The van der Waals surface area contributed by atoms with Crippen molar-refractivity contribution < 1.29 is 4.79 Å². The average molecular weight is 251 g/mol. The minimum atomic E-state index is -0.156. The van der Waals surface area contributed by atoms with Gasteiger partial charge in [-0.15, -0.1) is 0 Å². The number of fused-ring (bicyclic) bond motifs is 3. The van der Waals surface area contributed by atoms with Crippen molar-refractivity contribution in [3.63, 3.8) is 0 Å². The third-order valence-corrected chi connectivity index (χ3v) is 2.91. The lowest BCUT2D eigenvalue weighted by Gasteiger charge is -1.98. The van der Waals surface area contributed by atoms with Crippen LogP contribution in [0, 0.1) is 0 Å². The predicted octanol–water partition coefficient (Wildman–Crippen LogP) is 2.99. The number of aromatic nitrogens is 2. The summed E-state index contributed by atoms with van der Waals surface area (Å²) in [6.07, 6.45) is 1.56. The maximum atomic E-state index is 12.0. The van der Waals surface area contributed by atoms with Crippen LogP contribution < -0.4 is 0 Å². The zero-order valence-corrected chi connectivity index (χ0v) is 9.38. The fourth-order valence-corrected chi connectivity index (χ4v) is 2.10. The highest BCUT2D eigenvalue weighted by Gasteiger charge is 2.28. The van der Waals surface area contributed by atoms with Crippen molar-refractivity contribution in [2.75, 3.05) is 0 Å². The molecule has 1 heterocycles. The Morgan fingerprint density at radius 1 is 1.06 bits per heavy atom. The molecule has 0 N–H and O–H groups in total. The Kier molecular flexibility index (Phi) is 1.99. The van der Waals surface area contributed by atoms with E-state index in [2.05, 4.69) is 9.97 Å². The molecule has 0 bridgehead atoms. The van der Waals surface area contributed by atoms with Crippen LogP contribution >= 0.6 is 23.2 Å². The molecule has 0 unspecified atom stereocenters. The van der Waals surface area contributed by atoms with Gasteiger partial charge in [-0.05, 0) is 29.3 Å². The van der Waals surface area contributed by atoms with Crippen LogP contribution in [0.3, 0.4) is 0 Å². The number of carbonyl (C=O) groups is 1. The van der Waals surface area contributed by atoms with E-state index >= 15 is 0 Å². The van der Waals surface area contributed by atoms with Gasteiger partial charge in [-0.2, -0.15) is 0 Å². The van der Waals surface area contributed by atoms with E-state index < -0.39 is 0 Å². The quantitative estimate of drug-likeness (QED) is 0.577. The van der Waals surface area contributed by atoms with Gasteiger partial charge in [0, 0.05) is 22.3 Å². The van der Waals surface area contributed by atoms with E-state index in [0.717, 1.165) is 5.56 Å². The summed E-state index contributed by atoms with van der Waals surface area (Å²) < 4.78 is 0. The van der Waals surface area contributed by atoms with E-state index in [4.69, 9.17) is 23.2 Å². The first kappa shape index (κ1) is 9.75. The van der Waals surface area contributed by atoms with Crippen LogP contribution in [-0.4, -0.2) is 15.8 Å². The summed E-state index contributed by atoms with van der Waals surface area (Å²) >= 11 is 11.5. The van der Waals surface area contributed by atoms with Crippen LogP contribution in [0.2, 0.25) is 10.3 Å². The van der Waals surface area contributed by atoms with Gasteiger partial charge in [0.2, 0.25) is 11.1 Å². The zero-order chi connectivity index (χ0) is 11.3. The lowest BCUT2D eigenvalue weighted by Crippen LogP contribution is -1.99. The molecule has 0 saturated carbocycles. The molecule has 1 aromatic carbocycles. The van der Waals surface area contributed by atoms with Crippen LogP contribution in [0.15, 0.2) is 24.4 Å². The molecule has 0 amide bonds. The van der Waals surface area contributed by atoms with Gasteiger partial charge in [-0.25, -0.2) is 9.97 Å². The van der Waals surface area contributed by atoms with Crippen LogP contribution in [0.25, 0.3) is 11.1 Å². The first-order chi connectivity index (χ1) is 7.66. The van der Waals surface area contributed by atoms with Gasteiger partial charge in [-0.1, -0.05) is 17.7 Å². The maximum absolute atomic E-state index is 12.0. The SMILES string of the molecule is O=C1c2cc(Cl)ccc2-c2cnc(Cl)nc21. The normalized spacial score (nSPS) is 12.5. The number of hydrogen-bond donors (Lipinski definition) is 0. The third kappa shape index (κ3) is 1.25. The number of ketones is 1. The van der Waals surface area contributed by atoms with E-state index in [-0.39, 0.29) is 11.1 Å².